The standard InChI is InChI=1S/C20H20F2N4O3/c1-26-18-11(10-23-20(25-18)24-12-5-7-13(27)8-6-12)9-16(19(26)28)29-17-14(21)3-2-4-15(17)22/h2-4,9-10,12-13,27H,5-8H2,1H3,(H,23,24,25)/t12-,13-. The van der Waals surface area contributed by atoms with E-state index in [1.54, 1.807) is 0 Å². The monoisotopic (exact) mass is 402 g/mol. The zero-order valence-electron chi connectivity index (χ0n) is 15.7. The Bertz CT molecular complexity index is 1090. The molecule has 2 N–H and O–H groups in total. The number of nitrogens with one attached hydrogen (secondary N) is 1. The number of hydrogen-bond donors (Lipinski definition) is 2. The highest BCUT2D eigenvalue weighted by molar-refractivity contribution is 5.76. The maximum Gasteiger partial charge on any atom is 0.294 e. The fraction of sp³-hybridized carbons (Fsp3) is 0.350. The molecule has 0 unspecified atom stereocenters. The fourth-order valence-electron chi connectivity index (χ4n) is 3.45. The van der Waals surface area contributed by atoms with E-state index in [2.05, 4.69) is 15.3 Å². The number of nitrogens with zero attached hydrogens (tertiary/aromatic N) is 3. The first-order valence-corrected chi connectivity index (χ1v) is 9.35. The Balaban J connectivity index is 1.64. The first-order chi connectivity index (χ1) is 13.9. The molecule has 29 heavy (non-hydrogen) atoms. The number of para-hydroxylation sites is 1. The Hall–Kier alpha value is -3.07. The quantitative estimate of drug-likeness (QED) is 0.697. The molecular formula is C20H20F2N4O3. The third-order valence-electron chi connectivity index (χ3n) is 5.08. The molecule has 3 aromatic rings. The van der Waals surface area contributed by atoms with Crippen LogP contribution in [0, 0.1) is 11.6 Å². The van der Waals surface area contributed by atoms with E-state index in [4.69, 9.17) is 4.74 Å². The second-order valence-corrected chi connectivity index (χ2v) is 7.15. The molecule has 0 atom stereocenters. The molecule has 1 aromatic carbocycles. The van der Waals surface area contributed by atoms with Gasteiger partial charge < -0.3 is 15.2 Å². The lowest BCUT2D eigenvalue weighted by Crippen LogP contribution is -2.29. The summed E-state index contributed by atoms with van der Waals surface area (Å²) in [6.07, 6.45) is 4.31. The molecule has 9 heteroatoms. The van der Waals surface area contributed by atoms with Gasteiger partial charge in [-0.3, -0.25) is 9.36 Å². The highest BCUT2D eigenvalue weighted by Crippen LogP contribution is 2.27. The predicted molar refractivity (Wildman–Crippen MR) is 103 cm³/mol. The second kappa shape index (κ2) is 7.75. The van der Waals surface area contributed by atoms with E-state index in [0.29, 0.717) is 17.0 Å². The number of fused-ring (bicyclic) bond motifs is 1. The van der Waals surface area contributed by atoms with E-state index >= 15 is 0 Å². The summed E-state index contributed by atoms with van der Waals surface area (Å²) in [7, 11) is 1.50. The minimum absolute atomic E-state index is 0.152. The van der Waals surface area contributed by atoms with Crippen molar-refractivity contribution in [1.82, 2.24) is 14.5 Å². The van der Waals surface area contributed by atoms with Crippen molar-refractivity contribution >= 4 is 17.0 Å². The first kappa shape index (κ1) is 19.3. The fourth-order valence-corrected chi connectivity index (χ4v) is 3.45. The molecular weight excluding hydrogens is 382 g/mol. The average molecular weight is 402 g/mol. The first-order valence-electron chi connectivity index (χ1n) is 9.35. The predicted octanol–water partition coefficient (Wildman–Crippen LogP) is 3.11. The van der Waals surface area contributed by atoms with Gasteiger partial charge in [-0.15, -0.1) is 0 Å². The van der Waals surface area contributed by atoms with E-state index in [1.165, 1.54) is 29.9 Å². The molecule has 0 aliphatic heterocycles. The number of aliphatic hydroxyl groups is 1. The summed E-state index contributed by atoms with van der Waals surface area (Å²) in [5.41, 5.74) is -0.213. The van der Waals surface area contributed by atoms with Crippen LogP contribution in [0.25, 0.3) is 11.0 Å². The summed E-state index contributed by atoms with van der Waals surface area (Å²) in [5.74, 6) is -2.29. The van der Waals surface area contributed by atoms with Crippen LogP contribution in [0.2, 0.25) is 0 Å². The smallest absolute Gasteiger partial charge is 0.294 e. The zero-order valence-corrected chi connectivity index (χ0v) is 15.7. The minimum atomic E-state index is -0.902. The summed E-state index contributed by atoms with van der Waals surface area (Å²) < 4.78 is 34.2. The lowest BCUT2D eigenvalue weighted by Gasteiger charge is -2.26. The van der Waals surface area contributed by atoms with Gasteiger partial charge in [0.2, 0.25) is 5.95 Å². The Morgan fingerprint density at radius 1 is 1.21 bits per heavy atom. The van der Waals surface area contributed by atoms with Crippen molar-refractivity contribution in [1.29, 1.82) is 0 Å². The van der Waals surface area contributed by atoms with Gasteiger partial charge in [0.25, 0.3) is 5.56 Å². The number of benzene rings is 1. The van der Waals surface area contributed by atoms with Crippen LogP contribution in [0.15, 0.2) is 35.3 Å². The summed E-state index contributed by atoms with van der Waals surface area (Å²) in [4.78, 5) is 21.3. The van der Waals surface area contributed by atoms with Crippen LogP contribution in [0.1, 0.15) is 25.7 Å². The number of aromatic nitrogens is 3. The van der Waals surface area contributed by atoms with Crippen molar-refractivity contribution in [3.63, 3.8) is 0 Å². The van der Waals surface area contributed by atoms with Gasteiger partial charge in [-0.1, -0.05) is 6.07 Å². The molecule has 0 amide bonds. The number of rotatable bonds is 4. The highest BCUT2D eigenvalue weighted by atomic mass is 19.1. The zero-order chi connectivity index (χ0) is 20.5. The lowest BCUT2D eigenvalue weighted by molar-refractivity contribution is 0.126. The number of pyridine rings is 1. The molecule has 1 saturated carbocycles. The Morgan fingerprint density at radius 3 is 2.59 bits per heavy atom. The molecule has 7 nitrogen and oxygen atoms in total. The van der Waals surface area contributed by atoms with E-state index in [0.717, 1.165) is 37.8 Å². The van der Waals surface area contributed by atoms with Gasteiger partial charge >= 0.3 is 0 Å². The topological polar surface area (TPSA) is 89.3 Å². The van der Waals surface area contributed by atoms with Gasteiger partial charge in [-0.2, -0.15) is 4.98 Å². The van der Waals surface area contributed by atoms with Gasteiger partial charge in [0.1, 0.15) is 5.65 Å². The third kappa shape index (κ3) is 3.91. The Kier molecular flexibility index (Phi) is 5.14. The number of halogens is 2. The SMILES string of the molecule is Cn1c(=O)c(Oc2c(F)cccc2F)cc2cnc(N[C@H]3CC[C@H](O)CC3)nc21. The molecule has 0 spiro atoms. The van der Waals surface area contributed by atoms with Crippen molar-refractivity contribution in [2.24, 2.45) is 7.05 Å². The van der Waals surface area contributed by atoms with Crippen molar-refractivity contribution in [3.05, 3.63) is 52.5 Å². The molecule has 0 saturated heterocycles. The highest BCUT2D eigenvalue weighted by Gasteiger charge is 2.20. The molecule has 1 aliphatic carbocycles. The van der Waals surface area contributed by atoms with Crippen LogP contribution < -0.4 is 15.6 Å². The van der Waals surface area contributed by atoms with Crippen LogP contribution in [0.5, 0.6) is 11.5 Å². The van der Waals surface area contributed by atoms with Crippen molar-refractivity contribution in [3.8, 4) is 11.5 Å². The van der Waals surface area contributed by atoms with Gasteiger partial charge in [0, 0.05) is 24.7 Å². The largest absolute Gasteiger partial charge is 0.445 e. The minimum Gasteiger partial charge on any atom is -0.445 e. The van der Waals surface area contributed by atoms with E-state index in [1.807, 2.05) is 0 Å². The molecule has 2 heterocycles. The van der Waals surface area contributed by atoms with Gasteiger partial charge in [-0.25, -0.2) is 13.8 Å². The second-order valence-electron chi connectivity index (χ2n) is 7.15. The van der Waals surface area contributed by atoms with Crippen LogP contribution in [0.4, 0.5) is 14.7 Å². The molecule has 0 bridgehead atoms. The summed E-state index contributed by atoms with van der Waals surface area (Å²) in [6, 6.07) is 4.83. The molecule has 1 aliphatic rings. The van der Waals surface area contributed by atoms with Gasteiger partial charge in [0.05, 0.1) is 6.10 Å². The molecule has 0 radical (unpaired) electrons. The number of ether oxygens (including phenoxy) is 1. The number of hydrogen-bond acceptors (Lipinski definition) is 6. The Morgan fingerprint density at radius 2 is 1.90 bits per heavy atom. The van der Waals surface area contributed by atoms with Crippen molar-refractivity contribution in [2.75, 3.05) is 5.32 Å². The van der Waals surface area contributed by atoms with Crippen LogP contribution in [-0.2, 0) is 7.05 Å². The van der Waals surface area contributed by atoms with Crippen LogP contribution >= 0.6 is 0 Å². The maximum atomic E-state index is 13.9. The van der Waals surface area contributed by atoms with E-state index in [-0.39, 0.29) is 17.9 Å². The molecule has 4 rings (SSSR count). The maximum absolute atomic E-state index is 13.9. The van der Waals surface area contributed by atoms with Gasteiger partial charge in [0.15, 0.2) is 23.1 Å². The normalized spacial score (nSPS) is 19.3. The average Bonchev–Trinajstić information content (AvgIpc) is 2.70. The number of aryl methyl sites for hydroxylation is 1. The summed E-state index contributed by atoms with van der Waals surface area (Å²) in [6.45, 7) is 0. The summed E-state index contributed by atoms with van der Waals surface area (Å²) >= 11 is 0. The van der Waals surface area contributed by atoms with Gasteiger partial charge in [-0.05, 0) is 43.9 Å². The number of aliphatic hydroxyl groups excluding tert-OH is 1. The van der Waals surface area contributed by atoms with E-state index in [9.17, 15) is 18.7 Å². The summed E-state index contributed by atoms with van der Waals surface area (Å²) in [5, 5.41) is 13.3. The number of anilines is 1. The van der Waals surface area contributed by atoms with Crippen LogP contribution in [0.3, 0.4) is 0 Å². The van der Waals surface area contributed by atoms with Crippen LogP contribution in [-0.4, -0.2) is 31.8 Å². The molecule has 152 valence electrons. The van der Waals surface area contributed by atoms with Crippen molar-refractivity contribution < 1.29 is 18.6 Å². The molecule has 2 aromatic heterocycles. The third-order valence-corrected chi connectivity index (χ3v) is 5.08. The lowest BCUT2D eigenvalue weighted by atomic mass is 9.93. The Labute approximate surface area is 165 Å². The van der Waals surface area contributed by atoms with E-state index < -0.39 is 22.9 Å². The molecule has 1 fully saturated rings. The van der Waals surface area contributed by atoms with Crippen molar-refractivity contribution in [2.45, 2.75) is 37.8 Å².